The number of imide groups is 1. The van der Waals surface area contributed by atoms with Gasteiger partial charge in [-0.05, 0) is 44.2 Å². The van der Waals surface area contributed by atoms with E-state index >= 15 is 0 Å². The number of ether oxygens (including phenoxy) is 1. The molecule has 6 heteroatoms. The van der Waals surface area contributed by atoms with Crippen LogP contribution in [-0.4, -0.2) is 29.9 Å². The monoisotopic (exact) mass is 387 g/mol. The lowest BCUT2D eigenvalue weighted by atomic mass is 10.0. The zero-order chi connectivity index (χ0) is 18.8. The summed E-state index contributed by atoms with van der Waals surface area (Å²) in [5.74, 6) is -0.0275. The van der Waals surface area contributed by atoms with Crippen molar-refractivity contribution >= 4 is 40.8 Å². The fourth-order valence-corrected chi connectivity index (χ4v) is 3.92. The molecule has 1 aliphatic heterocycles. The van der Waals surface area contributed by atoms with E-state index in [2.05, 4.69) is 0 Å². The molecule has 1 aliphatic rings. The predicted octanol–water partition coefficient (Wildman–Crippen LogP) is 4.63. The molecule has 26 heavy (non-hydrogen) atoms. The summed E-state index contributed by atoms with van der Waals surface area (Å²) in [5.41, 5.74) is 0.995. The summed E-state index contributed by atoms with van der Waals surface area (Å²) in [5, 5.41) is 0.617. The number of methoxy groups -OCH3 is 1. The zero-order valence-electron chi connectivity index (χ0n) is 14.7. The highest BCUT2D eigenvalue weighted by molar-refractivity contribution is 8.04. The van der Waals surface area contributed by atoms with Crippen molar-refractivity contribution in [1.82, 2.24) is 4.90 Å². The van der Waals surface area contributed by atoms with Crippen molar-refractivity contribution in [2.45, 2.75) is 24.8 Å². The molecule has 3 rings (SSSR count). The van der Waals surface area contributed by atoms with Crippen LogP contribution in [0.4, 0.5) is 0 Å². The number of hydrogen-bond donors (Lipinski definition) is 0. The SMILES string of the molecule is COc1ccccc1C1=C(Sc2ccc(Cl)cc2)C(=O)N(C(C)C)C1=O. The Morgan fingerprint density at radius 3 is 2.27 bits per heavy atom. The van der Waals surface area contributed by atoms with Gasteiger partial charge in [0.05, 0.1) is 17.6 Å². The largest absolute Gasteiger partial charge is 0.496 e. The van der Waals surface area contributed by atoms with Gasteiger partial charge in [0.2, 0.25) is 0 Å². The molecule has 0 unspecified atom stereocenters. The molecule has 134 valence electrons. The highest BCUT2D eigenvalue weighted by atomic mass is 35.5. The molecule has 0 bridgehead atoms. The van der Waals surface area contributed by atoms with Crippen LogP contribution in [0.2, 0.25) is 5.02 Å². The molecular weight excluding hydrogens is 370 g/mol. The van der Waals surface area contributed by atoms with E-state index in [1.54, 1.807) is 31.4 Å². The van der Waals surface area contributed by atoms with Crippen LogP contribution in [0.1, 0.15) is 19.4 Å². The Balaban J connectivity index is 2.14. The third-order valence-corrected chi connectivity index (χ3v) is 5.34. The van der Waals surface area contributed by atoms with Gasteiger partial charge in [0.25, 0.3) is 11.8 Å². The molecule has 0 saturated heterocycles. The number of halogens is 1. The Kier molecular flexibility index (Phi) is 5.39. The van der Waals surface area contributed by atoms with Gasteiger partial charge in [-0.2, -0.15) is 0 Å². The molecule has 0 saturated carbocycles. The van der Waals surface area contributed by atoms with E-state index in [9.17, 15) is 9.59 Å². The maximum Gasteiger partial charge on any atom is 0.268 e. The smallest absolute Gasteiger partial charge is 0.268 e. The second-order valence-electron chi connectivity index (χ2n) is 6.03. The number of nitrogens with zero attached hydrogens (tertiary/aromatic N) is 1. The average Bonchev–Trinajstić information content (AvgIpc) is 2.87. The number of carbonyl (C=O) groups is 2. The summed E-state index contributed by atoms with van der Waals surface area (Å²) >= 11 is 7.21. The molecule has 2 amide bonds. The van der Waals surface area contributed by atoms with Crippen LogP contribution in [-0.2, 0) is 9.59 Å². The summed E-state index contributed by atoms with van der Waals surface area (Å²) in [6, 6.07) is 14.2. The maximum atomic E-state index is 13.0. The van der Waals surface area contributed by atoms with Crippen LogP contribution in [0.3, 0.4) is 0 Å². The Morgan fingerprint density at radius 1 is 1.00 bits per heavy atom. The molecule has 0 aliphatic carbocycles. The number of thioether (sulfide) groups is 1. The van der Waals surface area contributed by atoms with Gasteiger partial charge in [-0.15, -0.1) is 0 Å². The van der Waals surface area contributed by atoms with E-state index in [1.165, 1.54) is 16.7 Å². The summed E-state index contributed by atoms with van der Waals surface area (Å²) in [4.78, 5) is 28.5. The molecule has 0 N–H and O–H groups in total. The third-order valence-electron chi connectivity index (χ3n) is 4.00. The minimum absolute atomic E-state index is 0.233. The summed E-state index contributed by atoms with van der Waals surface area (Å²) in [6.45, 7) is 3.65. The van der Waals surface area contributed by atoms with Gasteiger partial charge in [0.15, 0.2) is 0 Å². The normalized spacial score (nSPS) is 14.6. The van der Waals surface area contributed by atoms with Crippen LogP contribution in [0.5, 0.6) is 5.75 Å². The van der Waals surface area contributed by atoms with E-state index in [-0.39, 0.29) is 17.9 Å². The van der Waals surface area contributed by atoms with Gasteiger partial charge < -0.3 is 4.74 Å². The van der Waals surface area contributed by atoms with E-state index in [0.717, 1.165) is 4.90 Å². The fraction of sp³-hybridized carbons (Fsp3) is 0.200. The molecule has 0 atom stereocenters. The van der Waals surface area contributed by atoms with Crippen LogP contribution in [0, 0.1) is 0 Å². The minimum Gasteiger partial charge on any atom is -0.496 e. The van der Waals surface area contributed by atoms with Crippen LogP contribution in [0.25, 0.3) is 5.57 Å². The van der Waals surface area contributed by atoms with Gasteiger partial charge in [-0.25, -0.2) is 0 Å². The first-order valence-corrected chi connectivity index (χ1v) is 9.32. The lowest BCUT2D eigenvalue weighted by molar-refractivity contribution is -0.138. The van der Waals surface area contributed by atoms with Crippen LogP contribution < -0.4 is 4.74 Å². The highest BCUT2D eigenvalue weighted by Gasteiger charge is 2.41. The van der Waals surface area contributed by atoms with E-state index in [4.69, 9.17) is 16.3 Å². The second-order valence-corrected chi connectivity index (χ2v) is 7.55. The topological polar surface area (TPSA) is 46.6 Å². The molecule has 1 heterocycles. The van der Waals surface area contributed by atoms with Gasteiger partial charge in [-0.3, -0.25) is 14.5 Å². The van der Waals surface area contributed by atoms with Gasteiger partial charge >= 0.3 is 0 Å². The van der Waals surface area contributed by atoms with Crippen molar-refractivity contribution in [3.8, 4) is 5.75 Å². The number of amides is 2. The highest BCUT2D eigenvalue weighted by Crippen LogP contribution is 2.42. The molecule has 2 aromatic rings. The van der Waals surface area contributed by atoms with Crippen molar-refractivity contribution in [1.29, 1.82) is 0 Å². The standard InChI is InChI=1S/C20H18ClNO3S/c1-12(2)22-19(23)17(15-6-4-5-7-16(15)25-3)18(20(22)24)26-14-10-8-13(21)9-11-14/h4-12H,1-3H3. The third kappa shape index (κ3) is 3.37. The van der Waals surface area contributed by atoms with Crippen LogP contribution in [0.15, 0.2) is 58.3 Å². The molecule has 2 aromatic carbocycles. The summed E-state index contributed by atoms with van der Waals surface area (Å²) in [6.07, 6.45) is 0. The van der Waals surface area contributed by atoms with Crippen molar-refractivity contribution in [3.05, 3.63) is 64.0 Å². The van der Waals surface area contributed by atoms with Gasteiger partial charge in [0.1, 0.15) is 5.75 Å². The van der Waals surface area contributed by atoms with Crippen molar-refractivity contribution in [3.63, 3.8) is 0 Å². The molecule has 0 spiro atoms. The van der Waals surface area contributed by atoms with Crippen molar-refractivity contribution in [2.24, 2.45) is 0 Å². The summed E-state index contributed by atoms with van der Waals surface area (Å²) < 4.78 is 5.41. The molecule has 0 aromatic heterocycles. The average molecular weight is 388 g/mol. The first-order chi connectivity index (χ1) is 12.4. The van der Waals surface area contributed by atoms with Crippen molar-refractivity contribution in [2.75, 3.05) is 7.11 Å². The van der Waals surface area contributed by atoms with Crippen molar-refractivity contribution < 1.29 is 14.3 Å². The number of carbonyl (C=O) groups excluding carboxylic acids is 2. The Bertz CT molecular complexity index is 890. The second kappa shape index (κ2) is 7.56. The number of hydrogen-bond acceptors (Lipinski definition) is 4. The fourth-order valence-electron chi connectivity index (χ4n) is 2.80. The minimum atomic E-state index is -0.300. The molecule has 4 nitrogen and oxygen atoms in total. The Labute approximate surface area is 161 Å². The van der Waals surface area contributed by atoms with Gasteiger partial charge in [-0.1, -0.05) is 41.6 Å². The molecule has 0 radical (unpaired) electrons. The van der Waals surface area contributed by atoms with E-state index < -0.39 is 0 Å². The molecule has 0 fully saturated rings. The van der Waals surface area contributed by atoms with Crippen LogP contribution >= 0.6 is 23.4 Å². The first-order valence-electron chi connectivity index (χ1n) is 8.13. The number of benzene rings is 2. The molecular formula is C20H18ClNO3S. The maximum absolute atomic E-state index is 13.0. The zero-order valence-corrected chi connectivity index (χ0v) is 16.2. The Morgan fingerprint density at radius 2 is 1.65 bits per heavy atom. The summed E-state index contributed by atoms with van der Waals surface area (Å²) in [7, 11) is 1.55. The number of para-hydroxylation sites is 1. The predicted molar refractivity (Wildman–Crippen MR) is 104 cm³/mol. The number of rotatable bonds is 5. The first kappa shape index (κ1) is 18.5. The lowest BCUT2D eigenvalue weighted by Crippen LogP contribution is -2.37. The van der Waals surface area contributed by atoms with Gasteiger partial charge in [0, 0.05) is 21.5 Å². The van der Waals surface area contributed by atoms with E-state index in [0.29, 0.717) is 26.8 Å². The quantitative estimate of drug-likeness (QED) is 0.702. The lowest BCUT2D eigenvalue weighted by Gasteiger charge is -2.19. The van der Waals surface area contributed by atoms with E-state index in [1.807, 2.05) is 38.1 Å². The Hall–Kier alpha value is -2.24.